The lowest BCUT2D eigenvalue weighted by Crippen LogP contribution is -2.24. The fraction of sp³-hybridized carbons (Fsp3) is 0.533. The van der Waals surface area contributed by atoms with Gasteiger partial charge in [-0.05, 0) is 56.7 Å². The minimum Gasteiger partial charge on any atom is -0.463 e. The van der Waals surface area contributed by atoms with E-state index in [-0.39, 0.29) is 11.2 Å². The number of carbonyl (C=O) groups excluding carboxylic acids is 1. The molecule has 110 valence electrons. The number of rotatable bonds is 6. The second-order valence-electron chi connectivity index (χ2n) is 4.73. The lowest BCUT2D eigenvalue weighted by Gasteiger charge is -2.23. The zero-order valence-electron chi connectivity index (χ0n) is 12.1. The Hall–Kier alpha value is -1.36. The van der Waals surface area contributed by atoms with Crippen LogP contribution in [0.1, 0.15) is 38.8 Å². The smallest absolute Gasteiger partial charge is 0.334 e. The molecule has 0 aliphatic heterocycles. The lowest BCUT2D eigenvalue weighted by molar-refractivity contribution is -0.138. The molecular weight excluding hydrogens is 272 g/mol. The molecule has 1 heterocycles. The van der Waals surface area contributed by atoms with Gasteiger partial charge in [-0.15, -0.1) is 0 Å². The highest BCUT2D eigenvalue weighted by Gasteiger charge is 2.25. The predicted octanol–water partition coefficient (Wildman–Crippen LogP) is 3.28. The van der Waals surface area contributed by atoms with E-state index in [1.54, 1.807) is 11.9 Å². The molecule has 1 aromatic rings. The molecule has 5 heteroatoms. The molecule has 0 saturated carbocycles. The van der Waals surface area contributed by atoms with Crippen LogP contribution in [-0.4, -0.2) is 22.5 Å². The molecular formula is C15H22N2O2S. The third kappa shape index (κ3) is 3.60. The quantitative estimate of drug-likeness (QED) is 0.646. The second kappa shape index (κ2) is 7.43. The molecule has 0 saturated heterocycles. The molecule has 4 nitrogen and oxygen atoms in total. The van der Waals surface area contributed by atoms with Crippen LogP contribution in [0.4, 0.5) is 0 Å². The van der Waals surface area contributed by atoms with Gasteiger partial charge in [-0.1, -0.05) is 13.0 Å². The molecule has 0 amide bonds. The highest BCUT2D eigenvalue weighted by atomic mass is 32.2. The number of ether oxygens (including phenoxy) is 1. The summed E-state index contributed by atoms with van der Waals surface area (Å²) in [7, 11) is 0. The molecule has 0 radical (unpaired) electrons. The van der Waals surface area contributed by atoms with E-state index in [1.807, 2.05) is 29.9 Å². The molecule has 0 spiro atoms. The maximum atomic E-state index is 12.0. The van der Waals surface area contributed by atoms with Crippen LogP contribution in [0.15, 0.2) is 30.0 Å². The SMILES string of the molecule is CCOC(=O)C1=CCCCC1SNn1cccc1CC. The number of allylic oxidation sites excluding steroid dienone is 1. The number of nitrogens with zero attached hydrogens (tertiary/aromatic N) is 1. The van der Waals surface area contributed by atoms with Crippen molar-refractivity contribution in [3.05, 3.63) is 35.7 Å². The van der Waals surface area contributed by atoms with Crippen LogP contribution in [0.2, 0.25) is 0 Å². The third-order valence-electron chi connectivity index (χ3n) is 3.38. The summed E-state index contributed by atoms with van der Waals surface area (Å²) in [5, 5.41) is 0.162. The highest BCUT2D eigenvalue weighted by molar-refractivity contribution is 8.01. The van der Waals surface area contributed by atoms with E-state index in [1.165, 1.54) is 5.69 Å². The second-order valence-corrected chi connectivity index (χ2v) is 5.72. The molecule has 20 heavy (non-hydrogen) atoms. The Balaban J connectivity index is 1.98. The van der Waals surface area contributed by atoms with Crippen molar-refractivity contribution in [2.75, 3.05) is 11.4 Å². The van der Waals surface area contributed by atoms with Gasteiger partial charge in [-0.2, -0.15) is 0 Å². The highest BCUT2D eigenvalue weighted by Crippen LogP contribution is 2.29. The predicted molar refractivity (Wildman–Crippen MR) is 83.1 cm³/mol. The third-order valence-corrected chi connectivity index (χ3v) is 4.46. The van der Waals surface area contributed by atoms with Crippen molar-refractivity contribution < 1.29 is 9.53 Å². The summed E-state index contributed by atoms with van der Waals surface area (Å²) in [6.45, 7) is 4.40. The van der Waals surface area contributed by atoms with Gasteiger partial charge in [0.1, 0.15) is 0 Å². The van der Waals surface area contributed by atoms with Gasteiger partial charge in [0.05, 0.1) is 11.9 Å². The average Bonchev–Trinajstić information content (AvgIpc) is 2.93. The van der Waals surface area contributed by atoms with E-state index in [9.17, 15) is 4.79 Å². The summed E-state index contributed by atoms with van der Waals surface area (Å²) in [5.41, 5.74) is 2.04. The van der Waals surface area contributed by atoms with E-state index in [4.69, 9.17) is 4.74 Å². The number of esters is 1. The van der Waals surface area contributed by atoms with Gasteiger partial charge < -0.3 is 4.74 Å². The zero-order valence-corrected chi connectivity index (χ0v) is 12.9. The van der Waals surface area contributed by atoms with Crippen molar-refractivity contribution in [2.45, 2.75) is 44.8 Å². The number of aromatic nitrogens is 1. The molecule has 2 rings (SSSR count). The molecule has 1 aliphatic rings. The number of aryl methyl sites for hydroxylation is 1. The molecule has 1 aromatic heterocycles. The van der Waals surface area contributed by atoms with E-state index in [2.05, 4.69) is 17.8 Å². The van der Waals surface area contributed by atoms with Crippen molar-refractivity contribution >= 4 is 17.9 Å². The van der Waals surface area contributed by atoms with Crippen molar-refractivity contribution in [2.24, 2.45) is 0 Å². The molecule has 0 aromatic carbocycles. The largest absolute Gasteiger partial charge is 0.463 e. The summed E-state index contributed by atoms with van der Waals surface area (Å²) in [6.07, 6.45) is 8.10. The molecule has 1 atom stereocenters. The number of hydrogen-bond donors (Lipinski definition) is 1. The first-order valence-electron chi connectivity index (χ1n) is 7.21. The van der Waals surface area contributed by atoms with E-state index in [0.717, 1.165) is 31.3 Å². The Kier molecular flexibility index (Phi) is 5.59. The fourth-order valence-electron chi connectivity index (χ4n) is 2.31. The van der Waals surface area contributed by atoms with Crippen molar-refractivity contribution in [1.29, 1.82) is 0 Å². The van der Waals surface area contributed by atoms with Crippen molar-refractivity contribution in [3.63, 3.8) is 0 Å². The van der Waals surface area contributed by atoms with Gasteiger partial charge in [0.15, 0.2) is 0 Å². The minimum atomic E-state index is -0.172. The maximum Gasteiger partial charge on any atom is 0.334 e. The Morgan fingerprint density at radius 1 is 1.55 bits per heavy atom. The van der Waals surface area contributed by atoms with E-state index < -0.39 is 0 Å². The van der Waals surface area contributed by atoms with Crippen LogP contribution >= 0.6 is 11.9 Å². The first-order valence-corrected chi connectivity index (χ1v) is 8.09. The maximum absolute atomic E-state index is 12.0. The van der Waals surface area contributed by atoms with Gasteiger partial charge in [-0.25, -0.2) is 4.79 Å². The van der Waals surface area contributed by atoms with Crippen LogP contribution in [0.3, 0.4) is 0 Å². The number of hydrogen-bond acceptors (Lipinski definition) is 4. The van der Waals surface area contributed by atoms with Crippen LogP contribution in [0.25, 0.3) is 0 Å². The Morgan fingerprint density at radius 2 is 2.40 bits per heavy atom. The van der Waals surface area contributed by atoms with Crippen LogP contribution in [0.5, 0.6) is 0 Å². The first kappa shape index (κ1) is 15.0. The Labute approximate surface area is 124 Å². The number of carbonyl (C=O) groups is 1. The Morgan fingerprint density at radius 3 is 3.15 bits per heavy atom. The summed E-state index contributed by atoms with van der Waals surface area (Å²) >= 11 is 1.59. The summed E-state index contributed by atoms with van der Waals surface area (Å²) in [6, 6.07) is 4.12. The van der Waals surface area contributed by atoms with Crippen molar-refractivity contribution in [3.8, 4) is 0 Å². The standard InChI is InChI=1S/C15H22N2O2S/c1-3-12-8-7-11-17(12)16-20-14-10-6-5-9-13(14)15(18)19-4-2/h7-9,11,14,16H,3-6,10H2,1-2H3. The monoisotopic (exact) mass is 294 g/mol. The fourth-order valence-corrected chi connectivity index (χ4v) is 3.34. The van der Waals surface area contributed by atoms with Gasteiger partial charge in [0.25, 0.3) is 0 Å². The van der Waals surface area contributed by atoms with Gasteiger partial charge in [0.2, 0.25) is 0 Å². The molecule has 1 N–H and O–H groups in total. The summed E-state index contributed by atoms with van der Waals surface area (Å²) in [5.74, 6) is -0.172. The lowest BCUT2D eigenvalue weighted by atomic mass is 9.99. The molecule has 0 fully saturated rings. The number of nitrogens with one attached hydrogen (secondary N) is 1. The average molecular weight is 294 g/mol. The first-order chi connectivity index (χ1) is 9.76. The normalized spacial score (nSPS) is 18.5. The van der Waals surface area contributed by atoms with Gasteiger partial charge in [-0.3, -0.25) is 9.51 Å². The summed E-state index contributed by atoms with van der Waals surface area (Å²) in [4.78, 5) is 15.3. The van der Waals surface area contributed by atoms with E-state index >= 15 is 0 Å². The Bertz CT molecular complexity index is 482. The summed E-state index contributed by atoms with van der Waals surface area (Å²) < 4.78 is 7.15. The van der Waals surface area contributed by atoms with Crippen LogP contribution in [0, 0.1) is 0 Å². The van der Waals surface area contributed by atoms with Crippen molar-refractivity contribution in [1.82, 2.24) is 4.68 Å². The molecule has 0 bridgehead atoms. The topological polar surface area (TPSA) is 43.3 Å². The van der Waals surface area contributed by atoms with Gasteiger partial charge in [0, 0.05) is 17.5 Å². The minimum absolute atomic E-state index is 0.162. The molecule has 1 aliphatic carbocycles. The molecule has 1 unspecified atom stereocenters. The van der Waals surface area contributed by atoms with E-state index in [0.29, 0.717) is 6.61 Å². The van der Waals surface area contributed by atoms with Gasteiger partial charge >= 0.3 is 5.97 Å². The van der Waals surface area contributed by atoms with Crippen LogP contribution < -0.4 is 4.83 Å². The van der Waals surface area contributed by atoms with Crippen LogP contribution in [-0.2, 0) is 16.0 Å². The zero-order chi connectivity index (χ0) is 14.4.